The molecule has 1 unspecified atom stereocenters. The Bertz CT molecular complexity index is 512. The summed E-state index contributed by atoms with van der Waals surface area (Å²) in [5.41, 5.74) is 1.47. The number of halogens is 2. The van der Waals surface area contributed by atoms with Crippen molar-refractivity contribution in [3.63, 3.8) is 0 Å². The van der Waals surface area contributed by atoms with Gasteiger partial charge in [-0.3, -0.25) is 0 Å². The van der Waals surface area contributed by atoms with Gasteiger partial charge in [-0.1, -0.05) is 47.3 Å². The van der Waals surface area contributed by atoms with Crippen molar-refractivity contribution in [2.45, 2.75) is 50.3 Å². The lowest BCUT2D eigenvalue weighted by molar-refractivity contribution is 0.278. The standard InChI is InChI=1S/C17H22BrClO2/c1-2-17(6-3-4-7-17)16(18)12-10-14-15(11-13(12)19)21-9-5-8-20-14/h10-11,16H,2-9H2,1H3. The molecule has 0 radical (unpaired) electrons. The van der Waals surface area contributed by atoms with Gasteiger partial charge in [-0.05, 0) is 36.3 Å². The van der Waals surface area contributed by atoms with Crippen LogP contribution in [0.1, 0.15) is 55.8 Å². The van der Waals surface area contributed by atoms with Gasteiger partial charge >= 0.3 is 0 Å². The lowest BCUT2D eigenvalue weighted by atomic mass is 9.77. The van der Waals surface area contributed by atoms with E-state index in [9.17, 15) is 0 Å². The predicted octanol–water partition coefficient (Wildman–Crippen LogP) is 5.91. The quantitative estimate of drug-likeness (QED) is 0.613. The first-order chi connectivity index (χ1) is 10.2. The van der Waals surface area contributed by atoms with Crippen LogP contribution in [0.2, 0.25) is 5.02 Å². The molecular formula is C17H22BrClO2. The molecule has 0 N–H and O–H groups in total. The monoisotopic (exact) mass is 372 g/mol. The second-order valence-electron chi connectivity index (χ2n) is 6.16. The van der Waals surface area contributed by atoms with Crippen LogP contribution >= 0.6 is 27.5 Å². The fourth-order valence-electron chi connectivity index (χ4n) is 3.59. The third-order valence-electron chi connectivity index (χ3n) is 4.98. The van der Waals surface area contributed by atoms with Gasteiger partial charge < -0.3 is 9.47 Å². The van der Waals surface area contributed by atoms with Crippen LogP contribution < -0.4 is 9.47 Å². The Labute approximate surface area is 140 Å². The molecule has 2 nitrogen and oxygen atoms in total. The molecule has 1 aromatic carbocycles. The van der Waals surface area contributed by atoms with Crippen LogP contribution in [0.4, 0.5) is 0 Å². The van der Waals surface area contributed by atoms with E-state index in [2.05, 4.69) is 28.9 Å². The van der Waals surface area contributed by atoms with Crippen LogP contribution in [-0.2, 0) is 0 Å². The Hall–Kier alpha value is -0.410. The second-order valence-corrected chi connectivity index (χ2v) is 7.48. The molecule has 1 saturated carbocycles. The van der Waals surface area contributed by atoms with E-state index in [1.807, 2.05) is 6.07 Å². The highest BCUT2D eigenvalue weighted by molar-refractivity contribution is 9.09. The first-order valence-corrected chi connectivity index (χ1v) is 9.19. The molecule has 0 saturated heterocycles. The van der Waals surface area contributed by atoms with Crippen molar-refractivity contribution in [1.29, 1.82) is 0 Å². The maximum atomic E-state index is 6.54. The maximum Gasteiger partial charge on any atom is 0.162 e. The number of fused-ring (bicyclic) bond motifs is 1. The minimum Gasteiger partial charge on any atom is -0.490 e. The first kappa shape index (κ1) is 15.5. The summed E-state index contributed by atoms with van der Waals surface area (Å²) < 4.78 is 11.5. The molecule has 3 rings (SSSR count). The summed E-state index contributed by atoms with van der Waals surface area (Å²) in [6.07, 6.45) is 7.26. The van der Waals surface area contributed by atoms with Gasteiger partial charge in [0, 0.05) is 22.3 Å². The Morgan fingerprint density at radius 2 is 1.76 bits per heavy atom. The van der Waals surface area contributed by atoms with Crippen LogP contribution in [0.15, 0.2) is 12.1 Å². The molecule has 0 bridgehead atoms. The summed E-state index contributed by atoms with van der Waals surface area (Å²) in [4.78, 5) is 0.280. The summed E-state index contributed by atoms with van der Waals surface area (Å²) in [6, 6.07) is 4.00. The van der Waals surface area contributed by atoms with E-state index >= 15 is 0 Å². The Morgan fingerprint density at radius 1 is 1.14 bits per heavy atom. The van der Waals surface area contributed by atoms with Crippen molar-refractivity contribution in [3.8, 4) is 11.5 Å². The molecule has 1 heterocycles. The maximum absolute atomic E-state index is 6.54. The third-order valence-corrected chi connectivity index (χ3v) is 6.77. The molecule has 0 amide bonds. The van der Waals surface area contributed by atoms with Crippen LogP contribution in [0.5, 0.6) is 11.5 Å². The Morgan fingerprint density at radius 3 is 2.38 bits per heavy atom. The number of rotatable bonds is 3. The lowest BCUT2D eigenvalue weighted by Crippen LogP contribution is -2.21. The molecule has 1 aliphatic heterocycles. The number of ether oxygens (including phenoxy) is 2. The fraction of sp³-hybridized carbons (Fsp3) is 0.647. The molecule has 1 aromatic rings. The smallest absolute Gasteiger partial charge is 0.162 e. The zero-order chi connectivity index (χ0) is 14.9. The molecule has 1 fully saturated rings. The van der Waals surface area contributed by atoms with Crippen molar-refractivity contribution in [1.82, 2.24) is 0 Å². The predicted molar refractivity (Wildman–Crippen MR) is 89.9 cm³/mol. The number of hydrogen-bond donors (Lipinski definition) is 0. The van der Waals surface area contributed by atoms with E-state index in [-0.39, 0.29) is 4.83 Å². The number of alkyl halides is 1. The summed E-state index contributed by atoms with van der Waals surface area (Å²) in [5, 5.41) is 0.779. The summed E-state index contributed by atoms with van der Waals surface area (Å²) in [7, 11) is 0. The highest BCUT2D eigenvalue weighted by Crippen LogP contribution is 2.56. The zero-order valence-corrected chi connectivity index (χ0v) is 14.8. The highest BCUT2D eigenvalue weighted by atomic mass is 79.9. The van der Waals surface area contributed by atoms with Crippen molar-refractivity contribution in [2.24, 2.45) is 5.41 Å². The van der Waals surface area contributed by atoms with Gasteiger partial charge in [0.2, 0.25) is 0 Å². The highest BCUT2D eigenvalue weighted by Gasteiger charge is 2.40. The number of hydrogen-bond acceptors (Lipinski definition) is 2. The van der Waals surface area contributed by atoms with Gasteiger partial charge in [-0.15, -0.1) is 0 Å². The lowest BCUT2D eigenvalue weighted by Gasteiger charge is -2.34. The molecule has 2 aliphatic rings. The van der Waals surface area contributed by atoms with Gasteiger partial charge in [0.1, 0.15) is 0 Å². The van der Waals surface area contributed by atoms with Crippen LogP contribution in [0, 0.1) is 5.41 Å². The summed E-state index contributed by atoms with van der Waals surface area (Å²) in [6.45, 7) is 3.69. The Kier molecular flexibility index (Phi) is 4.70. The second kappa shape index (κ2) is 6.37. The molecule has 0 aromatic heterocycles. The van der Waals surface area contributed by atoms with E-state index < -0.39 is 0 Å². The topological polar surface area (TPSA) is 18.5 Å². The molecule has 1 atom stereocenters. The molecule has 0 spiro atoms. The van der Waals surface area contributed by atoms with E-state index in [1.165, 1.54) is 32.1 Å². The molecule has 21 heavy (non-hydrogen) atoms. The van der Waals surface area contributed by atoms with Crippen LogP contribution in [0.3, 0.4) is 0 Å². The minimum atomic E-state index is 0.280. The van der Waals surface area contributed by atoms with Gasteiger partial charge in [0.05, 0.1) is 13.2 Å². The van der Waals surface area contributed by atoms with E-state index in [1.54, 1.807) is 0 Å². The van der Waals surface area contributed by atoms with Crippen molar-refractivity contribution < 1.29 is 9.47 Å². The average Bonchev–Trinajstić information content (AvgIpc) is 2.87. The molecular weight excluding hydrogens is 352 g/mol. The van der Waals surface area contributed by atoms with E-state index in [4.69, 9.17) is 21.1 Å². The van der Waals surface area contributed by atoms with E-state index in [0.29, 0.717) is 18.6 Å². The van der Waals surface area contributed by atoms with Gasteiger partial charge in [-0.25, -0.2) is 0 Å². The summed E-state index contributed by atoms with van der Waals surface area (Å²) >= 11 is 10.5. The van der Waals surface area contributed by atoms with E-state index in [0.717, 1.165) is 28.5 Å². The van der Waals surface area contributed by atoms with Crippen molar-refractivity contribution in [3.05, 3.63) is 22.7 Å². The minimum absolute atomic E-state index is 0.280. The largest absolute Gasteiger partial charge is 0.490 e. The molecule has 116 valence electrons. The summed E-state index contributed by atoms with van der Waals surface area (Å²) in [5.74, 6) is 1.61. The first-order valence-electron chi connectivity index (χ1n) is 7.89. The fourth-order valence-corrected chi connectivity index (χ4v) is 5.14. The van der Waals surface area contributed by atoms with Gasteiger partial charge in [0.15, 0.2) is 11.5 Å². The molecule has 4 heteroatoms. The average molecular weight is 374 g/mol. The van der Waals surface area contributed by atoms with Crippen LogP contribution in [0.25, 0.3) is 0 Å². The third kappa shape index (κ3) is 2.92. The van der Waals surface area contributed by atoms with Gasteiger partial charge in [0.25, 0.3) is 0 Å². The zero-order valence-electron chi connectivity index (χ0n) is 12.5. The number of benzene rings is 1. The van der Waals surface area contributed by atoms with Crippen molar-refractivity contribution in [2.75, 3.05) is 13.2 Å². The Balaban J connectivity index is 1.96. The molecule has 1 aliphatic carbocycles. The van der Waals surface area contributed by atoms with Crippen molar-refractivity contribution >= 4 is 27.5 Å². The van der Waals surface area contributed by atoms with Crippen LogP contribution in [-0.4, -0.2) is 13.2 Å². The van der Waals surface area contributed by atoms with Gasteiger partial charge in [-0.2, -0.15) is 0 Å². The normalized spacial score (nSPS) is 21.9. The SMILES string of the molecule is CCC1(C(Br)c2cc3c(cc2Cl)OCCCO3)CCCC1.